The van der Waals surface area contributed by atoms with Crippen molar-refractivity contribution in [2.24, 2.45) is 0 Å². The lowest BCUT2D eigenvalue weighted by Crippen LogP contribution is -2.28. The van der Waals surface area contributed by atoms with E-state index in [1.54, 1.807) is 30.3 Å². The SMILES string of the molecule is CCCOC1CCS(OS(=O)(=O)C(F)(F)F)(c2ccccc2)C1. The normalized spacial score (nSPS) is 28.4. The minimum Gasteiger partial charge on any atom is -0.377 e. The molecule has 1 aliphatic rings. The minimum absolute atomic E-state index is 0.159. The van der Waals surface area contributed by atoms with Crippen molar-refractivity contribution in [3.8, 4) is 0 Å². The van der Waals surface area contributed by atoms with Gasteiger partial charge in [-0.15, -0.1) is 0 Å². The molecule has 23 heavy (non-hydrogen) atoms. The van der Waals surface area contributed by atoms with Gasteiger partial charge in [-0.1, -0.05) is 35.4 Å². The van der Waals surface area contributed by atoms with Crippen LogP contribution in [-0.4, -0.2) is 38.1 Å². The number of benzene rings is 1. The van der Waals surface area contributed by atoms with E-state index in [-0.39, 0.29) is 17.6 Å². The summed E-state index contributed by atoms with van der Waals surface area (Å²) in [6.07, 6.45) is 0.984. The van der Waals surface area contributed by atoms with Crippen LogP contribution in [0.3, 0.4) is 0 Å². The first-order valence-corrected chi connectivity index (χ1v) is 10.5. The molecule has 2 unspecified atom stereocenters. The zero-order valence-electron chi connectivity index (χ0n) is 12.6. The van der Waals surface area contributed by atoms with E-state index in [2.05, 4.69) is 0 Å². The summed E-state index contributed by atoms with van der Waals surface area (Å²) < 4.78 is 71.7. The third-order valence-electron chi connectivity index (χ3n) is 3.46. The van der Waals surface area contributed by atoms with Gasteiger partial charge in [-0.05, 0) is 25.0 Å². The fraction of sp³-hybridized carbons (Fsp3) is 0.571. The van der Waals surface area contributed by atoms with Crippen molar-refractivity contribution in [1.82, 2.24) is 0 Å². The molecule has 2 atom stereocenters. The molecule has 2 rings (SSSR count). The van der Waals surface area contributed by atoms with Gasteiger partial charge < -0.3 is 4.74 Å². The molecule has 0 radical (unpaired) electrons. The van der Waals surface area contributed by atoms with Gasteiger partial charge in [0.2, 0.25) is 0 Å². The average Bonchev–Trinajstić information content (AvgIpc) is 2.88. The first-order chi connectivity index (χ1) is 10.7. The van der Waals surface area contributed by atoms with Crippen LogP contribution in [0.4, 0.5) is 13.2 Å². The number of hydrogen-bond donors (Lipinski definition) is 0. The molecule has 1 aliphatic heterocycles. The molecular weight excluding hydrogens is 353 g/mol. The molecule has 1 aromatic carbocycles. The van der Waals surface area contributed by atoms with E-state index >= 15 is 0 Å². The summed E-state index contributed by atoms with van der Waals surface area (Å²) in [6.45, 7) is 2.41. The van der Waals surface area contributed by atoms with E-state index in [4.69, 9.17) is 8.37 Å². The number of hydrogen-bond acceptors (Lipinski definition) is 4. The number of halogens is 3. The van der Waals surface area contributed by atoms with E-state index in [9.17, 15) is 21.6 Å². The lowest BCUT2D eigenvalue weighted by atomic mass is 10.3. The van der Waals surface area contributed by atoms with Crippen molar-refractivity contribution >= 4 is 20.4 Å². The smallest absolute Gasteiger partial charge is 0.377 e. The molecule has 1 heterocycles. The summed E-state index contributed by atoms with van der Waals surface area (Å²) in [4.78, 5) is 0.496. The van der Waals surface area contributed by atoms with Crippen LogP contribution in [0.2, 0.25) is 0 Å². The van der Waals surface area contributed by atoms with Crippen LogP contribution in [0.25, 0.3) is 0 Å². The summed E-state index contributed by atoms with van der Waals surface area (Å²) in [5, 5.41) is 0. The van der Waals surface area contributed by atoms with Gasteiger partial charge >= 0.3 is 15.6 Å². The summed E-state index contributed by atoms with van der Waals surface area (Å²) >= 11 is 0. The highest BCUT2D eigenvalue weighted by Gasteiger charge is 2.53. The molecule has 1 fully saturated rings. The van der Waals surface area contributed by atoms with Crippen molar-refractivity contribution in [2.45, 2.75) is 36.3 Å². The molecule has 0 amide bonds. The Hall–Kier alpha value is -0.770. The van der Waals surface area contributed by atoms with Crippen LogP contribution in [0, 0.1) is 0 Å². The Morgan fingerprint density at radius 3 is 2.48 bits per heavy atom. The third-order valence-corrected chi connectivity index (χ3v) is 8.72. The second kappa shape index (κ2) is 7.00. The van der Waals surface area contributed by atoms with Crippen LogP contribution in [0.5, 0.6) is 0 Å². The van der Waals surface area contributed by atoms with Crippen LogP contribution in [0.1, 0.15) is 19.8 Å². The van der Waals surface area contributed by atoms with E-state index in [0.717, 1.165) is 6.42 Å². The molecule has 0 bridgehead atoms. The molecule has 0 saturated carbocycles. The molecule has 1 saturated heterocycles. The Bertz CT molecular complexity index is 619. The first kappa shape index (κ1) is 18.6. The van der Waals surface area contributed by atoms with Crippen molar-refractivity contribution in [3.63, 3.8) is 0 Å². The number of ether oxygens (including phenoxy) is 1. The van der Waals surface area contributed by atoms with E-state index in [1.165, 1.54) is 0 Å². The Morgan fingerprint density at radius 2 is 1.91 bits per heavy atom. The van der Waals surface area contributed by atoms with E-state index in [0.29, 0.717) is 17.9 Å². The summed E-state index contributed by atoms with van der Waals surface area (Å²) in [5.74, 6) is 0.396. The molecule has 1 aromatic rings. The minimum atomic E-state index is -5.65. The Balaban J connectivity index is 2.32. The van der Waals surface area contributed by atoms with Gasteiger partial charge in [0.05, 0.1) is 6.10 Å². The standard InChI is InChI=1S/C14H19F3O4S2/c1-2-9-20-12-8-10-22(11-12,13-6-4-3-5-7-13)21-23(18,19)14(15,16)17/h3-7,12H,2,8-11H2,1H3. The highest BCUT2D eigenvalue weighted by Crippen LogP contribution is 2.63. The Labute approximate surface area is 135 Å². The lowest BCUT2D eigenvalue weighted by molar-refractivity contribution is -0.0496. The number of alkyl halides is 3. The molecular formula is C14H19F3O4S2. The van der Waals surface area contributed by atoms with Crippen molar-refractivity contribution in [3.05, 3.63) is 30.3 Å². The van der Waals surface area contributed by atoms with Gasteiger partial charge in [0.1, 0.15) is 0 Å². The predicted molar refractivity (Wildman–Crippen MR) is 82.7 cm³/mol. The average molecular weight is 372 g/mol. The second-order valence-electron chi connectivity index (χ2n) is 5.25. The molecule has 4 nitrogen and oxygen atoms in total. The van der Waals surface area contributed by atoms with Crippen molar-refractivity contribution in [2.75, 3.05) is 18.1 Å². The van der Waals surface area contributed by atoms with Crippen LogP contribution >= 0.6 is 10.3 Å². The lowest BCUT2D eigenvalue weighted by Gasteiger charge is -2.34. The van der Waals surface area contributed by atoms with Crippen LogP contribution in [0.15, 0.2) is 35.2 Å². The molecule has 0 N–H and O–H groups in total. The maximum atomic E-state index is 12.7. The zero-order valence-corrected chi connectivity index (χ0v) is 14.2. The zero-order chi connectivity index (χ0) is 17.1. The fourth-order valence-corrected chi connectivity index (χ4v) is 7.64. The topological polar surface area (TPSA) is 52.6 Å². The van der Waals surface area contributed by atoms with Gasteiger partial charge in [0.25, 0.3) is 0 Å². The van der Waals surface area contributed by atoms with Crippen LogP contribution < -0.4 is 0 Å². The van der Waals surface area contributed by atoms with Gasteiger partial charge in [-0.3, -0.25) is 0 Å². The van der Waals surface area contributed by atoms with Crippen molar-refractivity contribution in [1.29, 1.82) is 0 Å². The van der Waals surface area contributed by atoms with Crippen molar-refractivity contribution < 1.29 is 30.0 Å². The van der Waals surface area contributed by atoms with Gasteiger partial charge in [0, 0.05) is 23.0 Å². The second-order valence-corrected chi connectivity index (χ2v) is 10.00. The quantitative estimate of drug-likeness (QED) is 0.712. The fourth-order valence-electron chi connectivity index (χ4n) is 2.40. The summed E-state index contributed by atoms with van der Waals surface area (Å²) in [7, 11) is -8.24. The Kier molecular flexibility index (Phi) is 5.65. The number of rotatable bonds is 6. The monoisotopic (exact) mass is 372 g/mol. The Morgan fingerprint density at radius 1 is 1.26 bits per heavy atom. The third kappa shape index (κ3) is 4.20. The van der Waals surface area contributed by atoms with Crippen LogP contribution in [-0.2, 0) is 18.5 Å². The molecule has 0 aliphatic carbocycles. The van der Waals surface area contributed by atoms with Gasteiger partial charge in [-0.2, -0.15) is 21.6 Å². The highest BCUT2D eigenvalue weighted by molar-refractivity contribution is 8.33. The molecule has 9 heteroatoms. The molecule has 132 valence electrons. The summed E-state index contributed by atoms with van der Waals surface area (Å²) in [5.41, 5.74) is -5.43. The summed E-state index contributed by atoms with van der Waals surface area (Å²) in [6, 6.07) is 8.27. The largest absolute Gasteiger partial charge is 0.523 e. The van der Waals surface area contributed by atoms with Gasteiger partial charge in [-0.25, -0.2) is 3.63 Å². The predicted octanol–water partition coefficient (Wildman–Crippen LogP) is 3.83. The van der Waals surface area contributed by atoms with E-state index < -0.39 is 25.9 Å². The first-order valence-electron chi connectivity index (χ1n) is 7.18. The maximum Gasteiger partial charge on any atom is 0.523 e. The highest BCUT2D eigenvalue weighted by atomic mass is 32.3. The van der Waals surface area contributed by atoms with Gasteiger partial charge in [0.15, 0.2) is 0 Å². The maximum absolute atomic E-state index is 12.7. The van der Waals surface area contributed by atoms with E-state index in [1.807, 2.05) is 6.92 Å². The molecule has 0 aromatic heterocycles. The molecule has 0 spiro atoms.